The average molecular weight is 327 g/mol. The van der Waals surface area contributed by atoms with Crippen molar-refractivity contribution < 1.29 is 13.2 Å². The fourth-order valence-corrected chi connectivity index (χ4v) is 0.463. The van der Waals surface area contributed by atoms with Crippen molar-refractivity contribution in [1.29, 1.82) is 5.26 Å². The molecule has 0 aromatic heterocycles. The van der Waals surface area contributed by atoms with Gasteiger partial charge in [-0.15, -0.1) is 0 Å². The molecule has 0 aliphatic carbocycles. The number of nitriles is 1. The standard InChI is InChI=1S/C7H4N.2BrH.Zn/c8-6-7-4-2-1-3-5-7;;;/h1-4H;2*1H;/q;;;+2/p-2. The second-order valence-corrected chi connectivity index (χ2v) is 15.6. The number of benzene rings is 1. The van der Waals surface area contributed by atoms with E-state index in [2.05, 4.69) is 33.3 Å². The van der Waals surface area contributed by atoms with Crippen molar-refractivity contribution in [2.45, 2.75) is 0 Å². The first-order valence-electron chi connectivity index (χ1n) is 2.84. The summed E-state index contributed by atoms with van der Waals surface area (Å²) < 4.78 is 0. The third-order valence-corrected chi connectivity index (χ3v) is 0.830. The summed E-state index contributed by atoms with van der Waals surface area (Å²) in [7, 11) is 0. The molecule has 0 aliphatic rings. The normalized spacial score (nSPS) is 6.64. The molecule has 4 heteroatoms. The molecule has 0 atom stereocenters. The zero-order chi connectivity index (χ0) is 8.53. The summed E-state index contributed by atoms with van der Waals surface area (Å²) in [6.45, 7) is 0. The summed E-state index contributed by atoms with van der Waals surface area (Å²) in [6, 6.07) is 11.8. The second-order valence-electron chi connectivity index (χ2n) is 1.49. The van der Waals surface area contributed by atoms with Gasteiger partial charge in [-0.1, -0.05) is 18.2 Å². The van der Waals surface area contributed by atoms with Gasteiger partial charge in [-0.25, -0.2) is 0 Å². The predicted octanol–water partition coefficient (Wildman–Crippen LogP) is 3.05. The zero-order valence-corrected chi connectivity index (χ0v) is 11.9. The monoisotopic (exact) mass is 324 g/mol. The van der Waals surface area contributed by atoms with Gasteiger partial charge in [0.15, 0.2) is 0 Å². The second kappa shape index (κ2) is 8.39. The zero-order valence-electron chi connectivity index (χ0n) is 5.72. The third-order valence-electron chi connectivity index (χ3n) is 0.830. The molecule has 53 valence electrons. The molecule has 0 aliphatic heterocycles. The Morgan fingerprint density at radius 3 is 2.36 bits per heavy atom. The van der Waals surface area contributed by atoms with E-state index >= 15 is 0 Å². The molecule has 1 radical (unpaired) electrons. The van der Waals surface area contributed by atoms with E-state index in [0.29, 0.717) is 5.56 Å². The van der Waals surface area contributed by atoms with E-state index in [1.54, 1.807) is 12.1 Å². The van der Waals surface area contributed by atoms with Gasteiger partial charge in [0.2, 0.25) is 0 Å². The molecule has 0 fully saturated rings. The first-order valence-corrected chi connectivity index (χ1v) is 16.7. The molecule has 0 unspecified atom stereocenters. The van der Waals surface area contributed by atoms with E-state index in [-0.39, 0.29) is 13.2 Å². The summed E-state index contributed by atoms with van der Waals surface area (Å²) >= 11 is 6.25. The number of rotatable bonds is 0. The van der Waals surface area contributed by atoms with Crippen LogP contribution >= 0.6 is 27.2 Å². The molecule has 0 saturated heterocycles. The van der Waals surface area contributed by atoms with E-state index in [1.165, 1.54) is 0 Å². The van der Waals surface area contributed by atoms with Crippen LogP contribution in [0, 0.1) is 17.4 Å². The van der Waals surface area contributed by atoms with Gasteiger partial charge in [0.25, 0.3) is 0 Å². The third kappa shape index (κ3) is 6.68. The van der Waals surface area contributed by atoms with Gasteiger partial charge < -0.3 is 0 Å². The van der Waals surface area contributed by atoms with E-state index < -0.39 is 0 Å². The van der Waals surface area contributed by atoms with E-state index in [4.69, 9.17) is 5.26 Å². The maximum absolute atomic E-state index is 8.26. The molecule has 0 spiro atoms. The van der Waals surface area contributed by atoms with Crippen molar-refractivity contribution >= 4 is 27.2 Å². The van der Waals surface area contributed by atoms with Gasteiger partial charge in [-0.2, -0.15) is 5.26 Å². The van der Waals surface area contributed by atoms with Crippen molar-refractivity contribution in [2.75, 3.05) is 0 Å². The van der Waals surface area contributed by atoms with Crippen LogP contribution in [0.4, 0.5) is 0 Å². The van der Waals surface area contributed by atoms with Crippen LogP contribution in [-0.2, 0) is 13.2 Å². The molecular formula is C7H4Br2NZn. The number of halogens is 2. The van der Waals surface area contributed by atoms with Gasteiger partial charge >= 0.3 is 40.5 Å². The topological polar surface area (TPSA) is 23.8 Å². The van der Waals surface area contributed by atoms with Crippen LogP contribution in [-0.4, -0.2) is 0 Å². The van der Waals surface area contributed by atoms with E-state index in [1.807, 2.05) is 18.2 Å². The Bertz CT molecular complexity index is 220. The summed E-state index contributed by atoms with van der Waals surface area (Å²) in [5.74, 6) is 0. The molecule has 0 saturated carbocycles. The molecule has 11 heavy (non-hydrogen) atoms. The quantitative estimate of drug-likeness (QED) is 0.672. The predicted molar refractivity (Wildman–Crippen MR) is 47.8 cm³/mol. The van der Waals surface area contributed by atoms with Crippen molar-refractivity contribution in [3.8, 4) is 6.07 Å². The van der Waals surface area contributed by atoms with Gasteiger partial charge in [-0.05, 0) is 6.07 Å². The van der Waals surface area contributed by atoms with Crippen molar-refractivity contribution in [2.24, 2.45) is 0 Å². The molecule has 1 nitrogen and oxygen atoms in total. The van der Waals surface area contributed by atoms with Gasteiger partial charge in [0.05, 0.1) is 11.6 Å². The maximum atomic E-state index is 8.26. The van der Waals surface area contributed by atoms with Crippen molar-refractivity contribution in [1.82, 2.24) is 0 Å². The van der Waals surface area contributed by atoms with E-state index in [9.17, 15) is 0 Å². The fraction of sp³-hybridized carbons (Fsp3) is 0. The number of nitrogens with zero attached hydrogens (tertiary/aromatic N) is 1. The SMILES string of the molecule is N#Cc1[c]cccc1.[Br][Zn][Br]. The van der Waals surface area contributed by atoms with Crippen LogP contribution < -0.4 is 0 Å². The molecule has 1 aromatic carbocycles. The summed E-state index contributed by atoms with van der Waals surface area (Å²) in [5.41, 5.74) is 0.590. The van der Waals surface area contributed by atoms with Crippen LogP contribution in [0.3, 0.4) is 0 Å². The summed E-state index contributed by atoms with van der Waals surface area (Å²) in [6.07, 6.45) is 0. The van der Waals surface area contributed by atoms with Crippen LogP contribution in [0.5, 0.6) is 0 Å². The minimum absolute atomic E-state index is 0.250. The van der Waals surface area contributed by atoms with E-state index in [0.717, 1.165) is 0 Å². The van der Waals surface area contributed by atoms with Gasteiger partial charge in [0, 0.05) is 6.07 Å². The minimum atomic E-state index is -0.250. The molecule has 1 aromatic rings. The number of hydrogen-bond donors (Lipinski definition) is 0. The summed E-state index contributed by atoms with van der Waals surface area (Å²) in [5, 5.41) is 8.26. The first kappa shape index (κ1) is 11.3. The van der Waals surface area contributed by atoms with Crippen LogP contribution in [0.1, 0.15) is 5.56 Å². The van der Waals surface area contributed by atoms with Crippen molar-refractivity contribution in [3.05, 3.63) is 35.9 Å². The molecule has 0 bridgehead atoms. The first-order chi connectivity index (χ1) is 5.35. The molecule has 0 heterocycles. The molecule has 1 rings (SSSR count). The fourth-order valence-electron chi connectivity index (χ4n) is 0.463. The number of hydrogen-bond acceptors (Lipinski definition) is 1. The molecule has 0 N–H and O–H groups in total. The average Bonchev–Trinajstić information content (AvgIpc) is 2.08. The summed E-state index contributed by atoms with van der Waals surface area (Å²) in [4.78, 5) is 0. The molecule has 0 amide bonds. The Morgan fingerprint density at radius 1 is 1.45 bits per heavy atom. The van der Waals surface area contributed by atoms with Gasteiger partial charge in [0.1, 0.15) is 0 Å². The molecular weight excluding hydrogens is 323 g/mol. The Kier molecular flexibility index (Phi) is 8.61. The Labute approximate surface area is 87.1 Å². The van der Waals surface area contributed by atoms with Crippen LogP contribution in [0.25, 0.3) is 0 Å². The Balaban J connectivity index is 0.000000292. The Morgan fingerprint density at radius 2 is 2.09 bits per heavy atom. The van der Waals surface area contributed by atoms with Crippen LogP contribution in [0.2, 0.25) is 0 Å². The Hall–Kier alpha value is 0.293. The van der Waals surface area contributed by atoms with Crippen molar-refractivity contribution in [3.63, 3.8) is 0 Å². The van der Waals surface area contributed by atoms with Gasteiger partial charge in [-0.3, -0.25) is 0 Å². The van der Waals surface area contributed by atoms with Crippen LogP contribution in [0.15, 0.2) is 24.3 Å².